The largest absolute Gasteiger partial charge is 0.480 e. The highest BCUT2D eigenvalue weighted by atomic mass is 35.5. The fourth-order valence-electron chi connectivity index (χ4n) is 13.5. The van der Waals surface area contributed by atoms with Crippen LogP contribution in [-0.2, 0) is 22.2 Å². The van der Waals surface area contributed by atoms with Crippen LogP contribution in [0, 0.1) is 23.0 Å². The highest BCUT2D eigenvalue weighted by Gasteiger charge is 2.52. The molecule has 5 amide bonds. The molecule has 5 aromatic rings. The van der Waals surface area contributed by atoms with Crippen LogP contribution in [0.1, 0.15) is 116 Å². The summed E-state index contributed by atoms with van der Waals surface area (Å²) in [6.45, 7) is 5.62. The van der Waals surface area contributed by atoms with Gasteiger partial charge in [-0.2, -0.15) is 5.10 Å². The number of piperidine rings is 2. The Kier molecular flexibility index (Phi) is 14.3. The number of urea groups is 1. The van der Waals surface area contributed by atoms with E-state index in [-0.39, 0.29) is 64.3 Å². The molecule has 16 nitrogen and oxygen atoms in total. The van der Waals surface area contributed by atoms with Crippen LogP contribution in [0.15, 0.2) is 60.8 Å². The lowest BCUT2D eigenvalue weighted by Crippen LogP contribution is -2.57. The van der Waals surface area contributed by atoms with Crippen molar-refractivity contribution in [3.05, 3.63) is 99.7 Å². The topological polar surface area (TPSA) is 183 Å². The summed E-state index contributed by atoms with van der Waals surface area (Å²) in [4.78, 5) is 62.1. The molecule has 0 unspecified atom stereocenters. The van der Waals surface area contributed by atoms with E-state index in [0.29, 0.717) is 41.8 Å². The number of anilines is 1. The van der Waals surface area contributed by atoms with Gasteiger partial charge in [-0.15, -0.1) is 0 Å². The normalized spacial score (nSPS) is 24.1. The van der Waals surface area contributed by atoms with Crippen LogP contribution in [0.3, 0.4) is 0 Å². The van der Waals surface area contributed by atoms with Crippen molar-refractivity contribution in [2.45, 2.75) is 107 Å². The molecule has 4 aliphatic heterocycles. The van der Waals surface area contributed by atoms with Crippen LogP contribution in [0.25, 0.3) is 22.0 Å². The van der Waals surface area contributed by atoms with Crippen molar-refractivity contribution in [1.82, 2.24) is 40.5 Å². The van der Waals surface area contributed by atoms with Gasteiger partial charge >= 0.3 is 6.03 Å². The number of carbonyl (C=O) groups is 4. The highest BCUT2D eigenvalue weighted by Crippen LogP contribution is 2.57. The molecule has 2 saturated carbocycles. The summed E-state index contributed by atoms with van der Waals surface area (Å²) in [5.74, 6) is -2.38. The van der Waals surface area contributed by atoms with Crippen LogP contribution in [-0.4, -0.2) is 125 Å². The summed E-state index contributed by atoms with van der Waals surface area (Å²) in [7, 11) is 3.30. The number of likely N-dealkylation sites (tertiary alicyclic amines) is 2. The number of halogens is 3. The molecule has 1 spiro atoms. The quantitative estimate of drug-likeness (QED) is 0.0899. The van der Waals surface area contributed by atoms with E-state index in [9.17, 15) is 24.3 Å². The van der Waals surface area contributed by atoms with Gasteiger partial charge in [0.05, 0.1) is 22.7 Å². The van der Waals surface area contributed by atoms with Crippen molar-refractivity contribution in [2.24, 2.45) is 18.4 Å². The van der Waals surface area contributed by atoms with Crippen LogP contribution < -0.4 is 30.3 Å². The molecule has 76 heavy (non-hydrogen) atoms. The van der Waals surface area contributed by atoms with E-state index in [1.54, 1.807) is 4.90 Å². The van der Waals surface area contributed by atoms with Gasteiger partial charge in [-0.25, -0.2) is 18.6 Å². The number of nitrogens with one attached hydrogen (secondary N) is 3. The molecule has 2 aliphatic carbocycles. The molecule has 0 radical (unpaired) electrons. The van der Waals surface area contributed by atoms with E-state index in [1.165, 1.54) is 31.5 Å². The molecule has 3 aromatic carbocycles. The molecule has 11 rings (SSSR count). The number of carbonyl (C=O) groups excluding carboxylic acids is 4. The summed E-state index contributed by atoms with van der Waals surface area (Å²) < 4.78 is 46.7. The fraction of sp³-hybridized carbons (Fsp3) is 0.509. The third-order valence-electron chi connectivity index (χ3n) is 17.8. The van der Waals surface area contributed by atoms with Gasteiger partial charge < -0.3 is 35.0 Å². The molecular weight excluding hydrogens is 996 g/mol. The van der Waals surface area contributed by atoms with E-state index in [4.69, 9.17) is 21.1 Å². The monoisotopic (exact) mass is 1060 g/mol. The molecule has 2 aromatic heterocycles. The summed E-state index contributed by atoms with van der Waals surface area (Å²) in [5.41, 5.74) is 2.24. The number of aromatic nitrogens is 3. The zero-order chi connectivity index (χ0) is 53.0. The maximum absolute atomic E-state index is 16.6. The van der Waals surface area contributed by atoms with Gasteiger partial charge in [0.25, 0.3) is 11.8 Å². The number of amides is 5. The third kappa shape index (κ3) is 9.36. The second-order valence-corrected chi connectivity index (χ2v) is 22.3. The number of imide groups is 1. The minimum Gasteiger partial charge on any atom is -0.480 e. The van der Waals surface area contributed by atoms with Crippen LogP contribution in [0.5, 0.6) is 11.6 Å². The van der Waals surface area contributed by atoms with Crippen LogP contribution in [0.4, 0.5) is 19.4 Å². The van der Waals surface area contributed by atoms with E-state index in [1.807, 2.05) is 49.0 Å². The molecule has 6 heterocycles. The Bertz CT molecular complexity index is 3060. The minimum absolute atomic E-state index is 0.0349. The van der Waals surface area contributed by atoms with E-state index < -0.39 is 47.6 Å². The summed E-state index contributed by atoms with van der Waals surface area (Å²) in [6.07, 6.45) is 11.2. The Hall–Kier alpha value is -6.21. The molecule has 0 bridgehead atoms. The minimum atomic E-state index is -1.10. The standard InChI is InChI=1S/C57H66ClF2N9O7/c1-33-46-44(28-42(59)49(58)48(46)47-41(52(72)61-2)31-62-53(50(47)60)75-26-25-70)76-57(33,37-7-5-4-6-8-37)32-63-38-12-9-35(10-13-38)54(73)68-23-18-56(19-24-68)29-39(30-56)67-20-15-34(16-21-67)36-11-14-40-43(27-36)66(3)65-51(40)69-22-17-45(71)64-55(69)74/h4-8,11,14,27-28,31,33-35,38-39,63,70H,9-10,12-13,15-26,29-30,32H2,1-3H3,(H,61,72)(H,64,71,74)/t33-,35?,38?,57-/m0/s1. The van der Waals surface area contributed by atoms with Crippen LogP contribution in [0.2, 0.25) is 5.02 Å². The number of rotatable bonds is 13. The predicted octanol–water partition coefficient (Wildman–Crippen LogP) is 7.93. The van der Waals surface area contributed by atoms with Gasteiger partial charge in [0, 0.05) is 105 Å². The molecule has 4 N–H and O–H groups in total. The molecule has 3 saturated heterocycles. The average Bonchev–Trinajstić information content (AvgIpc) is 3.99. The van der Waals surface area contributed by atoms with E-state index in [0.717, 1.165) is 100 Å². The van der Waals surface area contributed by atoms with Crippen molar-refractivity contribution in [3.8, 4) is 22.8 Å². The lowest BCUT2D eigenvalue weighted by Gasteiger charge is -2.56. The maximum Gasteiger partial charge on any atom is 0.329 e. The maximum atomic E-state index is 16.6. The lowest BCUT2D eigenvalue weighted by molar-refractivity contribution is -0.141. The first-order chi connectivity index (χ1) is 36.7. The summed E-state index contributed by atoms with van der Waals surface area (Å²) >= 11 is 6.78. The number of ether oxygens (including phenoxy) is 2. The van der Waals surface area contributed by atoms with Crippen molar-refractivity contribution in [1.29, 1.82) is 0 Å². The van der Waals surface area contributed by atoms with Gasteiger partial charge in [0.2, 0.25) is 11.8 Å². The molecule has 5 fully saturated rings. The first kappa shape index (κ1) is 51.9. The second-order valence-electron chi connectivity index (χ2n) is 22.0. The van der Waals surface area contributed by atoms with Crippen molar-refractivity contribution in [2.75, 3.05) is 64.4 Å². The van der Waals surface area contributed by atoms with Crippen molar-refractivity contribution in [3.63, 3.8) is 0 Å². The van der Waals surface area contributed by atoms with Gasteiger partial charge in [0.1, 0.15) is 18.2 Å². The van der Waals surface area contributed by atoms with Crippen molar-refractivity contribution < 1.29 is 42.5 Å². The number of aliphatic hydroxyl groups is 1. The van der Waals surface area contributed by atoms with Gasteiger partial charge in [-0.05, 0) is 112 Å². The molecule has 19 heteroatoms. The van der Waals surface area contributed by atoms with E-state index >= 15 is 8.78 Å². The lowest BCUT2D eigenvalue weighted by atomic mass is 9.59. The first-order valence-electron chi connectivity index (χ1n) is 27.0. The van der Waals surface area contributed by atoms with E-state index in [2.05, 4.69) is 54.0 Å². The Morgan fingerprint density at radius 3 is 2.39 bits per heavy atom. The van der Waals surface area contributed by atoms with Gasteiger partial charge in [-0.1, -0.05) is 54.9 Å². The third-order valence-corrected chi connectivity index (χ3v) is 18.2. The summed E-state index contributed by atoms with van der Waals surface area (Å²) in [5, 5.41) is 23.3. The number of pyridine rings is 1. The first-order valence-corrected chi connectivity index (χ1v) is 27.3. The summed E-state index contributed by atoms with van der Waals surface area (Å²) in [6, 6.07) is 17.5. The number of hydrogen-bond donors (Lipinski definition) is 4. The Balaban J connectivity index is 0.685. The Labute approximate surface area is 445 Å². The number of aryl methyl sites for hydroxylation is 1. The molecule has 2 atom stereocenters. The predicted molar refractivity (Wildman–Crippen MR) is 283 cm³/mol. The zero-order valence-electron chi connectivity index (χ0n) is 43.3. The Morgan fingerprint density at radius 1 is 0.961 bits per heavy atom. The van der Waals surface area contributed by atoms with Gasteiger partial charge in [-0.3, -0.25) is 29.3 Å². The zero-order valence-corrected chi connectivity index (χ0v) is 44.1. The number of hydrogen-bond acceptors (Lipinski definition) is 11. The number of benzene rings is 3. The fourth-order valence-corrected chi connectivity index (χ4v) is 13.7. The number of fused-ring (bicyclic) bond motifs is 2. The average molecular weight is 1060 g/mol. The molecular formula is C57H66ClF2N9O7. The number of aliphatic hydroxyl groups excluding tert-OH is 1. The molecule has 6 aliphatic rings. The number of nitrogens with zero attached hydrogens (tertiary/aromatic N) is 6. The highest BCUT2D eigenvalue weighted by molar-refractivity contribution is 6.34. The molecule has 402 valence electrons. The van der Waals surface area contributed by atoms with Crippen molar-refractivity contribution >= 4 is 52.1 Å². The Morgan fingerprint density at radius 2 is 1.70 bits per heavy atom. The SMILES string of the molecule is CNC(=O)c1cnc(OCCO)c(F)c1-c1c(Cl)c(F)cc2c1[C@H](C)[C@@](CNC1CCC(C(=O)N3CCC4(CC3)CC(N3CCC(c5ccc6c(N7CCC(=O)NC7=O)nn(C)c6c5)CC3)C4)CC1)(c1ccccc1)O2. The smallest absolute Gasteiger partial charge is 0.329 e. The second kappa shape index (κ2) is 21.0. The van der Waals surface area contributed by atoms with Gasteiger partial charge in [0.15, 0.2) is 17.2 Å². The van der Waals surface area contributed by atoms with Crippen LogP contribution >= 0.6 is 11.6 Å².